The van der Waals surface area contributed by atoms with E-state index in [4.69, 9.17) is 4.74 Å². The average Bonchev–Trinajstić information content (AvgIpc) is 2.98. The number of alkyl carbamates (subject to hydrolysis) is 1. The number of carbonyl (C=O) groups is 3. The van der Waals surface area contributed by atoms with E-state index in [9.17, 15) is 19.5 Å². The van der Waals surface area contributed by atoms with Crippen LogP contribution in [0.2, 0.25) is 0 Å². The molecule has 2 saturated heterocycles. The molecule has 2 unspecified atom stereocenters. The summed E-state index contributed by atoms with van der Waals surface area (Å²) in [5.74, 6) is -0.0918. The average molecular weight is 551 g/mol. The zero-order valence-corrected chi connectivity index (χ0v) is 23.4. The number of piperidine rings is 1. The van der Waals surface area contributed by atoms with Crippen molar-refractivity contribution in [1.29, 1.82) is 0 Å². The van der Waals surface area contributed by atoms with Crippen LogP contribution in [0, 0.1) is 0 Å². The predicted molar refractivity (Wildman–Crippen MR) is 152 cm³/mol. The van der Waals surface area contributed by atoms with E-state index in [0.29, 0.717) is 64.8 Å². The number of nitrogens with one attached hydrogen (secondary N) is 2. The number of ether oxygens (including phenoxy) is 1. The molecule has 9 heteroatoms. The highest BCUT2D eigenvalue weighted by molar-refractivity contribution is 6.00. The summed E-state index contributed by atoms with van der Waals surface area (Å²) in [6.45, 7) is 5.01. The molecule has 0 bridgehead atoms. The maximum atomic E-state index is 13.5. The van der Waals surface area contributed by atoms with Crippen LogP contribution >= 0.6 is 0 Å². The van der Waals surface area contributed by atoms with E-state index >= 15 is 0 Å². The van der Waals surface area contributed by atoms with Crippen molar-refractivity contribution in [2.24, 2.45) is 0 Å². The van der Waals surface area contributed by atoms with Gasteiger partial charge in [-0.15, -0.1) is 0 Å². The molecule has 2 atom stereocenters. The van der Waals surface area contributed by atoms with Gasteiger partial charge in [-0.2, -0.15) is 0 Å². The smallest absolute Gasteiger partial charge is 0.407 e. The molecule has 2 fully saturated rings. The SMILES string of the molecule is CCCN1C(=O)C(CCCCNC(=O)OCc2ccccc2)NC(=O)C12CCN(CC(O)c1ccccc1)CC2. The lowest BCUT2D eigenvalue weighted by atomic mass is 9.81. The van der Waals surface area contributed by atoms with E-state index in [0.717, 1.165) is 17.5 Å². The molecule has 0 aromatic heterocycles. The number of benzene rings is 2. The van der Waals surface area contributed by atoms with E-state index in [1.165, 1.54) is 0 Å². The molecule has 2 heterocycles. The first kappa shape index (κ1) is 29.6. The molecule has 2 aromatic rings. The summed E-state index contributed by atoms with van der Waals surface area (Å²) < 4.78 is 5.23. The van der Waals surface area contributed by atoms with Gasteiger partial charge in [0.1, 0.15) is 18.2 Å². The Balaban J connectivity index is 1.22. The zero-order chi connectivity index (χ0) is 28.4. The third kappa shape index (κ3) is 7.40. The van der Waals surface area contributed by atoms with Gasteiger partial charge < -0.3 is 30.3 Å². The number of aliphatic hydroxyl groups excluding tert-OH is 1. The van der Waals surface area contributed by atoms with Crippen LogP contribution in [0.3, 0.4) is 0 Å². The molecular weight excluding hydrogens is 508 g/mol. The van der Waals surface area contributed by atoms with Crippen molar-refractivity contribution in [2.75, 3.05) is 32.7 Å². The number of unbranched alkanes of at least 4 members (excludes halogenated alkanes) is 1. The van der Waals surface area contributed by atoms with Gasteiger partial charge in [0.2, 0.25) is 11.8 Å². The van der Waals surface area contributed by atoms with Crippen molar-refractivity contribution >= 4 is 17.9 Å². The second-order valence-corrected chi connectivity index (χ2v) is 10.8. The number of hydrogen-bond acceptors (Lipinski definition) is 6. The van der Waals surface area contributed by atoms with Gasteiger partial charge >= 0.3 is 6.09 Å². The summed E-state index contributed by atoms with van der Waals surface area (Å²) in [6, 6.07) is 18.5. The number of hydrogen-bond donors (Lipinski definition) is 3. The fourth-order valence-corrected chi connectivity index (χ4v) is 5.69. The lowest BCUT2D eigenvalue weighted by molar-refractivity contribution is -0.161. The van der Waals surface area contributed by atoms with Crippen molar-refractivity contribution in [3.8, 4) is 0 Å². The molecule has 0 radical (unpaired) electrons. The summed E-state index contributed by atoms with van der Waals surface area (Å²) in [7, 11) is 0. The van der Waals surface area contributed by atoms with Gasteiger partial charge in [-0.25, -0.2) is 4.79 Å². The Morgan fingerprint density at radius 3 is 2.42 bits per heavy atom. The van der Waals surface area contributed by atoms with E-state index < -0.39 is 23.8 Å². The minimum absolute atomic E-state index is 0.0190. The van der Waals surface area contributed by atoms with Crippen molar-refractivity contribution in [1.82, 2.24) is 20.4 Å². The molecule has 2 aliphatic rings. The Bertz CT molecular complexity index is 1110. The Hall–Kier alpha value is -3.43. The van der Waals surface area contributed by atoms with E-state index in [1.807, 2.05) is 72.5 Å². The summed E-state index contributed by atoms with van der Waals surface area (Å²) in [4.78, 5) is 43.0. The first-order valence-corrected chi connectivity index (χ1v) is 14.5. The standard InChI is InChI=1S/C31H42N4O5/c1-2-19-35-28(37)26(15-9-10-18-32-30(39)40-23-24-11-5-3-6-12-24)33-29(38)31(35)16-20-34(21-17-31)22-27(36)25-13-7-4-8-14-25/h3-8,11-14,26-27,36H,2,9-10,15-23H2,1H3,(H,32,39)(H,33,38). The molecule has 1 spiro atoms. The van der Waals surface area contributed by atoms with Crippen LogP contribution in [0.1, 0.15) is 62.7 Å². The summed E-state index contributed by atoms with van der Waals surface area (Å²) in [5, 5.41) is 16.4. The van der Waals surface area contributed by atoms with Crippen LogP contribution in [-0.4, -0.2) is 77.1 Å². The number of nitrogens with zero attached hydrogens (tertiary/aromatic N) is 2. The van der Waals surface area contributed by atoms with Gasteiger partial charge in [-0.1, -0.05) is 67.6 Å². The van der Waals surface area contributed by atoms with Crippen molar-refractivity contribution in [3.63, 3.8) is 0 Å². The normalized spacial score (nSPS) is 19.8. The van der Waals surface area contributed by atoms with E-state index in [-0.39, 0.29) is 18.4 Å². The highest BCUT2D eigenvalue weighted by Crippen LogP contribution is 2.34. The van der Waals surface area contributed by atoms with Crippen LogP contribution in [0.25, 0.3) is 0 Å². The summed E-state index contributed by atoms with van der Waals surface area (Å²) in [6.07, 6.45) is 2.71. The fraction of sp³-hybridized carbons (Fsp3) is 0.516. The van der Waals surface area contributed by atoms with E-state index in [2.05, 4.69) is 15.5 Å². The molecule has 2 aliphatic heterocycles. The first-order chi connectivity index (χ1) is 19.4. The van der Waals surface area contributed by atoms with Crippen LogP contribution in [0.4, 0.5) is 4.79 Å². The third-order valence-electron chi connectivity index (χ3n) is 7.96. The number of β-amino-alcohol motifs (C(OH)–C–C–N with tert-alkyl or cyclic N) is 1. The van der Waals surface area contributed by atoms with Crippen molar-refractivity contribution in [2.45, 2.75) is 69.7 Å². The van der Waals surface area contributed by atoms with Crippen LogP contribution in [-0.2, 0) is 20.9 Å². The molecule has 0 saturated carbocycles. The number of carbonyl (C=O) groups excluding carboxylic acids is 3. The lowest BCUT2D eigenvalue weighted by Crippen LogP contribution is -2.72. The summed E-state index contributed by atoms with van der Waals surface area (Å²) in [5.41, 5.74) is 0.971. The molecule has 2 aromatic carbocycles. The van der Waals surface area contributed by atoms with Gasteiger partial charge in [-0.05, 0) is 49.7 Å². The predicted octanol–water partition coefficient (Wildman–Crippen LogP) is 3.39. The number of piperazine rings is 1. The molecule has 216 valence electrons. The Morgan fingerprint density at radius 1 is 1.07 bits per heavy atom. The van der Waals surface area contributed by atoms with Gasteiger partial charge in [-0.3, -0.25) is 9.59 Å². The number of aliphatic hydroxyl groups is 1. The van der Waals surface area contributed by atoms with Gasteiger partial charge in [0.25, 0.3) is 0 Å². The Labute approximate surface area is 236 Å². The van der Waals surface area contributed by atoms with Gasteiger partial charge in [0.05, 0.1) is 6.10 Å². The van der Waals surface area contributed by atoms with Crippen LogP contribution in [0.5, 0.6) is 0 Å². The largest absolute Gasteiger partial charge is 0.445 e. The van der Waals surface area contributed by atoms with Crippen LogP contribution in [0.15, 0.2) is 60.7 Å². The number of amides is 3. The van der Waals surface area contributed by atoms with Crippen molar-refractivity contribution < 1.29 is 24.2 Å². The highest BCUT2D eigenvalue weighted by Gasteiger charge is 2.53. The molecule has 3 N–H and O–H groups in total. The third-order valence-corrected chi connectivity index (χ3v) is 7.96. The van der Waals surface area contributed by atoms with Gasteiger partial charge in [0.15, 0.2) is 0 Å². The highest BCUT2D eigenvalue weighted by atomic mass is 16.5. The Morgan fingerprint density at radius 2 is 1.75 bits per heavy atom. The summed E-state index contributed by atoms with van der Waals surface area (Å²) >= 11 is 0. The molecule has 40 heavy (non-hydrogen) atoms. The lowest BCUT2D eigenvalue weighted by Gasteiger charge is -2.51. The number of rotatable bonds is 12. The Kier molecular flexibility index (Phi) is 10.5. The van der Waals surface area contributed by atoms with Crippen molar-refractivity contribution in [3.05, 3.63) is 71.8 Å². The fourth-order valence-electron chi connectivity index (χ4n) is 5.69. The number of likely N-dealkylation sites (tertiary alicyclic amines) is 1. The monoisotopic (exact) mass is 550 g/mol. The molecule has 0 aliphatic carbocycles. The second kappa shape index (κ2) is 14.3. The molecule has 4 rings (SSSR count). The molecular formula is C31H42N4O5. The zero-order valence-electron chi connectivity index (χ0n) is 23.4. The quantitative estimate of drug-likeness (QED) is 0.350. The minimum atomic E-state index is -0.831. The van der Waals surface area contributed by atoms with E-state index in [1.54, 1.807) is 0 Å². The molecule has 9 nitrogen and oxygen atoms in total. The second-order valence-electron chi connectivity index (χ2n) is 10.8. The first-order valence-electron chi connectivity index (χ1n) is 14.5. The molecule has 3 amide bonds. The topological polar surface area (TPSA) is 111 Å². The minimum Gasteiger partial charge on any atom is -0.445 e. The maximum absolute atomic E-state index is 13.5. The van der Waals surface area contributed by atoms with Crippen LogP contribution < -0.4 is 10.6 Å². The van der Waals surface area contributed by atoms with Gasteiger partial charge in [0, 0.05) is 32.7 Å². The maximum Gasteiger partial charge on any atom is 0.407 e.